The number of aromatic amines is 1. The van der Waals surface area contributed by atoms with E-state index in [1.807, 2.05) is 13.8 Å². The van der Waals surface area contributed by atoms with E-state index in [1.165, 1.54) is 12.1 Å². The van der Waals surface area contributed by atoms with Crippen molar-refractivity contribution in [2.75, 3.05) is 0 Å². The molecular weight excluding hydrogens is 361 g/mol. The lowest BCUT2D eigenvalue weighted by molar-refractivity contribution is -0.122. The smallest absolute Gasteiger partial charge is 0.273 e. The van der Waals surface area contributed by atoms with Crippen molar-refractivity contribution in [2.24, 2.45) is 5.92 Å². The van der Waals surface area contributed by atoms with Gasteiger partial charge in [-0.05, 0) is 35.7 Å². The summed E-state index contributed by atoms with van der Waals surface area (Å²) in [6, 6.07) is 12.3. The van der Waals surface area contributed by atoms with E-state index >= 15 is 0 Å². The summed E-state index contributed by atoms with van der Waals surface area (Å²) < 4.78 is 14.3. The highest BCUT2D eigenvalue weighted by molar-refractivity contribution is 5.80. The Kier molecular flexibility index (Phi) is 5.73. The van der Waals surface area contributed by atoms with Gasteiger partial charge < -0.3 is 5.32 Å². The average molecular weight is 383 g/mol. The number of rotatable bonds is 6. The van der Waals surface area contributed by atoms with Gasteiger partial charge in [0.15, 0.2) is 0 Å². The molecule has 0 fully saturated rings. The lowest BCUT2D eigenvalue weighted by Crippen LogP contribution is -2.35. The number of carbonyl (C=O) groups excluding carboxylic acids is 1. The van der Waals surface area contributed by atoms with E-state index < -0.39 is 0 Å². The highest BCUT2D eigenvalue weighted by Crippen LogP contribution is 2.22. The molecule has 1 heterocycles. The zero-order valence-electron chi connectivity index (χ0n) is 15.7. The molecule has 0 saturated heterocycles. The third kappa shape index (κ3) is 4.19. The van der Waals surface area contributed by atoms with Gasteiger partial charge in [-0.2, -0.15) is 0 Å². The van der Waals surface area contributed by atoms with Crippen LogP contribution in [-0.2, 0) is 11.3 Å². The second-order valence-electron chi connectivity index (χ2n) is 7.03. The van der Waals surface area contributed by atoms with Crippen molar-refractivity contribution < 1.29 is 9.18 Å². The summed E-state index contributed by atoms with van der Waals surface area (Å²) in [5.41, 5.74) is 0.0879. The van der Waals surface area contributed by atoms with Crippen molar-refractivity contribution >= 4 is 16.7 Å². The first-order valence-corrected chi connectivity index (χ1v) is 9.13. The minimum Gasteiger partial charge on any atom is -0.349 e. The number of aryl methyl sites for hydroxylation is 1. The highest BCUT2D eigenvalue weighted by atomic mass is 19.1. The number of halogens is 1. The van der Waals surface area contributed by atoms with Crippen LogP contribution in [-0.4, -0.2) is 15.7 Å². The molecule has 7 heteroatoms. The number of fused-ring (bicyclic) bond motifs is 1. The Bertz CT molecular complexity index is 1100. The minimum absolute atomic E-state index is 0.0264. The van der Waals surface area contributed by atoms with E-state index in [2.05, 4.69) is 10.4 Å². The fourth-order valence-electron chi connectivity index (χ4n) is 3.17. The van der Waals surface area contributed by atoms with Crippen LogP contribution in [0.5, 0.6) is 0 Å². The third-order valence-corrected chi connectivity index (χ3v) is 4.66. The molecule has 2 N–H and O–H groups in total. The average Bonchev–Trinajstić information content (AvgIpc) is 2.68. The maximum absolute atomic E-state index is 13.2. The predicted octanol–water partition coefficient (Wildman–Crippen LogP) is 2.73. The number of aromatic nitrogens is 2. The molecule has 0 spiro atoms. The lowest BCUT2D eigenvalue weighted by Gasteiger charge is -2.23. The number of hydrogen-bond acceptors (Lipinski definition) is 3. The zero-order valence-corrected chi connectivity index (χ0v) is 15.7. The SMILES string of the molecule is CC(C)[C@H](NC(=O)CCn1[nH]c(=O)c2ccccc2c1=O)c1ccc(F)cc1. The molecule has 2 aromatic carbocycles. The number of nitrogens with one attached hydrogen (secondary N) is 2. The van der Waals surface area contributed by atoms with E-state index in [9.17, 15) is 18.8 Å². The Morgan fingerprint density at radius 2 is 1.71 bits per heavy atom. The molecule has 0 bridgehead atoms. The van der Waals surface area contributed by atoms with Crippen molar-refractivity contribution in [3.05, 3.63) is 80.6 Å². The second kappa shape index (κ2) is 8.21. The maximum Gasteiger partial charge on any atom is 0.273 e. The molecule has 0 aliphatic rings. The molecule has 0 radical (unpaired) electrons. The maximum atomic E-state index is 13.2. The van der Waals surface area contributed by atoms with Gasteiger partial charge in [-0.25, -0.2) is 9.07 Å². The van der Waals surface area contributed by atoms with Gasteiger partial charge in [-0.3, -0.25) is 19.5 Å². The molecule has 146 valence electrons. The second-order valence-corrected chi connectivity index (χ2v) is 7.03. The fraction of sp³-hybridized carbons (Fsp3) is 0.286. The van der Waals surface area contributed by atoms with E-state index in [0.29, 0.717) is 10.8 Å². The molecule has 0 aliphatic carbocycles. The monoisotopic (exact) mass is 383 g/mol. The number of carbonyl (C=O) groups is 1. The Labute approximate surface area is 161 Å². The van der Waals surface area contributed by atoms with E-state index in [1.54, 1.807) is 36.4 Å². The molecule has 3 aromatic rings. The molecule has 1 aromatic heterocycles. The van der Waals surface area contributed by atoms with Crippen LogP contribution in [0.2, 0.25) is 0 Å². The summed E-state index contributed by atoms with van der Waals surface area (Å²) in [5.74, 6) is -0.501. The van der Waals surface area contributed by atoms with Gasteiger partial charge in [0.05, 0.1) is 23.4 Å². The minimum atomic E-state index is -0.373. The molecule has 0 saturated carbocycles. The highest BCUT2D eigenvalue weighted by Gasteiger charge is 2.18. The van der Waals surface area contributed by atoms with Crippen molar-refractivity contribution in [1.29, 1.82) is 0 Å². The first kappa shape index (κ1) is 19.5. The van der Waals surface area contributed by atoms with E-state index in [4.69, 9.17) is 0 Å². The first-order valence-electron chi connectivity index (χ1n) is 9.13. The van der Waals surface area contributed by atoms with Crippen LogP contribution in [0.4, 0.5) is 4.39 Å². The van der Waals surface area contributed by atoms with Crippen LogP contribution < -0.4 is 16.4 Å². The third-order valence-electron chi connectivity index (χ3n) is 4.66. The van der Waals surface area contributed by atoms with Crippen LogP contribution in [0.25, 0.3) is 10.8 Å². The van der Waals surface area contributed by atoms with Crippen molar-refractivity contribution in [1.82, 2.24) is 15.1 Å². The van der Waals surface area contributed by atoms with Crippen LogP contribution in [0, 0.1) is 11.7 Å². The molecular formula is C21H22FN3O3. The summed E-state index contributed by atoms with van der Waals surface area (Å²) in [6.45, 7) is 3.97. The van der Waals surface area contributed by atoms with E-state index in [0.717, 1.165) is 10.2 Å². The zero-order chi connectivity index (χ0) is 20.3. The molecule has 0 unspecified atom stereocenters. The number of amides is 1. The predicted molar refractivity (Wildman–Crippen MR) is 106 cm³/mol. The number of H-pyrrole nitrogens is 1. The van der Waals surface area contributed by atoms with E-state index in [-0.39, 0.29) is 47.8 Å². The topological polar surface area (TPSA) is 84.0 Å². The van der Waals surface area contributed by atoms with Crippen molar-refractivity contribution in [3.8, 4) is 0 Å². The summed E-state index contributed by atoms with van der Waals surface area (Å²) in [4.78, 5) is 37.1. The van der Waals surface area contributed by atoms with Crippen LogP contribution in [0.15, 0.2) is 58.1 Å². The standard InChI is InChI=1S/C21H22FN3O3/c1-13(2)19(14-7-9-15(22)10-8-14)23-18(26)11-12-25-21(28)17-6-4-3-5-16(17)20(27)24-25/h3-10,13,19H,11-12H2,1-2H3,(H,23,26)(H,24,27)/t19-/m0/s1. The Morgan fingerprint density at radius 3 is 2.36 bits per heavy atom. The first-order chi connectivity index (χ1) is 13.4. The van der Waals surface area contributed by atoms with Crippen LogP contribution in [0.3, 0.4) is 0 Å². The van der Waals surface area contributed by atoms with Gasteiger partial charge in [0.25, 0.3) is 11.1 Å². The fourth-order valence-corrected chi connectivity index (χ4v) is 3.17. The van der Waals surface area contributed by atoms with Crippen LogP contribution in [0.1, 0.15) is 31.9 Å². The number of nitrogens with zero attached hydrogens (tertiary/aromatic N) is 1. The summed E-state index contributed by atoms with van der Waals surface area (Å²) >= 11 is 0. The summed E-state index contributed by atoms with van der Waals surface area (Å²) in [7, 11) is 0. The normalized spacial score (nSPS) is 12.3. The molecule has 0 aliphatic heterocycles. The lowest BCUT2D eigenvalue weighted by atomic mass is 9.96. The van der Waals surface area contributed by atoms with Gasteiger partial charge >= 0.3 is 0 Å². The molecule has 1 atom stereocenters. The Hall–Kier alpha value is -3.22. The quantitative estimate of drug-likeness (QED) is 0.686. The van der Waals surface area contributed by atoms with Crippen LogP contribution >= 0.6 is 0 Å². The molecule has 3 rings (SSSR count). The largest absolute Gasteiger partial charge is 0.349 e. The molecule has 28 heavy (non-hydrogen) atoms. The summed E-state index contributed by atoms with van der Waals surface area (Å²) in [5, 5.41) is 6.08. The molecule has 6 nitrogen and oxygen atoms in total. The van der Waals surface area contributed by atoms with Crippen molar-refractivity contribution in [3.63, 3.8) is 0 Å². The Balaban J connectivity index is 1.74. The van der Waals surface area contributed by atoms with Gasteiger partial charge in [0.1, 0.15) is 5.82 Å². The van der Waals surface area contributed by atoms with Gasteiger partial charge in [0.2, 0.25) is 5.91 Å². The Morgan fingerprint density at radius 1 is 1.07 bits per heavy atom. The van der Waals surface area contributed by atoms with Gasteiger partial charge in [-0.15, -0.1) is 0 Å². The summed E-state index contributed by atoms with van der Waals surface area (Å²) in [6.07, 6.45) is 0.0264. The van der Waals surface area contributed by atoms with Gasteiger partial charge in [0, 0.05) is 6.42 Å². The number of benzene rings is 2. The molecule has 1 amide bonds. The van der Waals surface area contributed by atoms with Gasteiger partial charge in [-0.1, -0.05) is 38.1 Å². The number of hydrogen-bond donors (Lipinski definition) is 2. The van der Waals surface area contributed by atoms with Crippen molar-refractivity contribution in [2.45, 2.75) is 32.9 Å².